The number of benzene rings is 3. The van der Waals surface area contributed by atoms with Crippen LogP contribution in [-0.4, -0.2) is 67.4 Å². The molecule has 0 radical (unpaired) electrons. The quantitative estimate of drug-likeness (QED) is 0.158. The lowest BCUT2D eigenvalue weighted by atomic mass is 10.1. The largest absolute Gasteiger partial charge is 0.486 e. The molecule has 226 valence electrons. The molecule has 2 aliphatic heterocycles. The van der Waals surface area contributed by atoms with Crippen molar-refractivity contribution >= 4 is 59.4 Å². The first-order chi connectivity index (χ1) is 21.1. The summed E-state index contributed by atoms with van der Waals surface area (Å²) in [4.78, 5) is 11.7. The molecule has 43 heavy (non-hydrogen) atoms. The molecule has 3 aromatic carbocycles. The maximum absolute atomic E-state index is 5.73. The molecule has 2 aliphatic rings. The Morgan fingerprint density at radius 3 is 1.93 bits per heavy atom. The summed E-state index contributed by atoms with van der Waals surface area (Å²) in [7, 11) is 0. The van der Waals surface area contributed by atoms with E-state index < -0.39 is 0 Å². The lowest BCUT2D eigenvalue weighted by Crippen LogP contribution is -2.46. The number of rotatable bonds is 8. The van der Waals surface area contributed by atoms with E-state index in [2.05, 4.69) is 113 Å². The number of nitrogens with one attached hydrogen (secondary N) is 2. The Balaban J connectivity index is 0.000000197. The second-order valence-electron chi connectivity index (χ2n) is 11.2. The highest BCUT2D eigenvalue weighted by atomic mass is 79.9. The van der Waals surface area contributed by atoms with Crippen molar-refractivity contribution in [1.82, 2.24) is 14.9 Å². The van der Waals surface area contributed by atoms with Crippen molar-refractivity contribution in [3.05, 3.63) is 87.1 Å². The van der Waals surface area contributed by atoms with E-state index in [9.17, 15) is 0 Å². The molecule has 0 bridgehead atoms. The Labute approximate surface area is 270 Å². The van der Waals surface area contributed by atoms with Gasteiger partial charge >= 0.3 is 0 Å². The van der Waals surface area contributed by atoms with Gasteiger partial charge in [0, 0.05) is 81.1 Å². The summed E-state index contributed by atoms with van der Waals surface area (Å²) in [5, 5.41) is 2.65. The van der Waals surface area contributed by atoms with Crippen molar-refractivity contribution in [3.63, 3.8) is 0 Å². The highest BCUT2D eigenvalue weighted by Crippen LogP contribution is 2.34. The maximum Gasteiger partial charge on any atom is 0.163 e. The number of piperazine rings is 1. The number of ether oxygens (including phenoxy) is 2. The zero-order valence-corrected chi connectivity index (χ0v) is 27.6. The fourth-order valence-electron chi connectivity index (χ4n) is 5.97. The Bertz CT molecular complexity index is 1660. The molecule has 4 heterocycles. The fraction of sp³-hybridized carbons (Fsp3) is 0.353. The molecule has 9 heteroatoms. The number of anilines is 1. The lowest BCUT2D eigenvalue weighted by Gasteiger charge is -2.36. The monoisotopic (exact) mass is 707 g/mol. The number of hydrogen-bond acceptors (Lipinski definition) is 5. The van der Waals surface area contributed by atoms with Gasteiger partial charge in [-0.1, -0.05) is 44.0 Å². The van der Waals surface area contributed by atoms with Gasteiger partial charge < -0.3 is 30.1 Å². The van der Waals surface area contributed by atoms with E-state index in [-0.39, 0.29) is 0 Å². The van der Waals surface area contributed by atoms with Gasteiger partial charge in [0.2, 0.25) is 0 Å². The first kappa shape index (κ1) is 30.1. The van der Waals surface area contributed by atoms with Crippen molar-refractivity contribution < 1.29 is 9.47 Å². The van der Waals surface area contributed by atoms with Crippen LogP contribution < -0.4 is 20.1 Å². The summed E-state index contributed by atoms with van der Waals surface area (Å²) in [6.07, 6.45) is 8.64. The lowest BCUT2D eigenvalue weighted by molar-refractivity contribution is 0.171. The topological polar surface area (TPSA) is 82.5 Å². The second-order valence-corrected chi connectivity index (χ2v) is 13.0. The minimum absolute atomic E-state index is 0.637. The Morgan fingerprint density at radius 1 is 0.698 bits per heavy atom. The average Bonchev–Trinajstić information content (AvgIpc) is 3.63. The Kier molecular flexibility index (Phi) is 9.93. The summed E-state index contributed by atoms with van der Waals surface area (Å²) >= 11 is 7.00. The number of aromatic amines is 2. The molecule has 0 amide bonds. The van der Waals surface area contributed by atoms with Crippen LogP contribution in [0.15, 0.2) is 75.9 Å². The van der Waals surface area contributed by atoms with Crippen LogP contribution in [-0.2, 0) is 12.8 Å². The summed E-state index contributed by atoms with van der Waals surface area (Å²) in [5.41, 5.74) is 11.9. The van der Waals surface area contributed by atoms with Crippen molar-refractivity contribution in [2.75, 3.05) is 57.4 Å². The highest BCUT2D eigenvalue weighted by Gasteiger charge is 2.19. The van der Waals surface area contributed by atoms with Gasteiger partial charge in [0.25, 0.3) is 0 Å². The van der Waals surface area contributed by atoms with Gasteiger partial charge in [-0.2, -0.15) is 0 Å². The van der Waals surface area contributed by atoms with Gasteiger partial charge in [-0.25, -0.2) is 0 Å². The number of nitrogens with two attached hydrogens (primary N) is 1. The van der Waals surface area contributed by atoms with Crippen LogP contribution in [0.1, 0.15) is 24.0 Å². The van der Waals surface area contributed by atoms with E-state index in [0.717, 1.165) is 79.0 Å². The van der Waals surface area contributed by atoms with Crippen molar-refractivity contribution in [3.8, 4) is 11.5 Å². The molecule has 0 saturated carbocycles. The molecule has 5 aromatic rings. The molecule has 1 fully saturated rings. The molecular weight excluding hydrogens is 670 g/mol. The number of halogens is 2. The third-order valence-electron chi connectivity index (χ3n) is 8.29. The highest BCUT2D eigenvalue weighted by molar-refractivity contribution is 9.10. The second kappa shape index (κ2) is 14.2. The molecule has 0 aliphatic carbocycles. The van der Waals surface area contributed by atoms with Crippen LogP contribution in [0.2, 0.25) is 0 Å². The standard InChI is InChI=1S/C23H26BrN3O2.C11H13BrN2/c24-18-3-5-20-17(16-25-21(20)14-18)2-1-7-26-8-10-27(11-9-26)19-4-6-22-23(15-19)29-13-12-28-22;12-9-3-4-10-8(2-1-5-13)7-14-11(10)6-9/h3-6,14-16,25H,1-2,7-13H2;3-4,6-7,14H,1-2,5,13H2. The van der Waals surface area contributed by atoms with Crippen molar-refractivity contribution in [2.45, 2.75) is 25.7 Å². The zero-order chi connectivity index (χ0) is 29.6. The van der Waals surface area contributed by atoms with Crippen LogP contribution >= 0.6 is 31.9 Å². The molecular formula is C34H39Br2N5O2. The average molecular weight is 710 g/mol. The molecule has 1 saturated heterocycles. The number of fused-ring (bicyclic) bond motifs is 3. The Morgan fingerprint density at radius 2 is 1.30 bits per heavy atom. The van der Waals surface area contributed by atoms with Crippen LogP contribution in [0.25, 0.3) is 21.8 Å². The predicted octanol–water partition coefficient (Wildman–Crippen LogP) is 7.28. The predicted molar refractivity (Wildman–Crippen MR) is 184 cm³/mol. The van der Waals surface area contributed by atoms with Crippen LogP contribution in [0.4, 0.5) is 5.69 Å². The van der Waals surface area contributed by atoms with Crippen LogP contribution in [0, 0.1) is 0 Å². The van der Waals surface area contributed by atoms with Crippen molar-refractivity contribution in [1.29, 1.82) is 0 Å². The van der Waals surface area contributed by atoms with Gasteiger partial charge in [-0.3, -0.25) is 4.90 Å². The maximum atomic E-state index is 5.73. The van der Waals surface area contributed by atoms with Crippen LogP contribution in [0.3, 0.4) is 0 Å². The van der Waals surface area contributed by atoms with Gasteiger partial charge in [0.05, 0.1) is 0 Å². The molecule has 0 atom stereocenters. The summed E-state index contributed by atoms with van der Waals surface area (Å²) < 4.78 is 13.6. The van der Waals surface area contributed by atoms with E-state index in [4.69, 9.17) is 15.2 Å². The third kappa shape index (κ3) is 7.40. The van der Waals surface area contributed by atoms with Crippen molar-refractivity contribution in [2.24, 2.45) is 5.73 Å². The fourth-order valence-corrected chi connectivity index (χ4v) is 6.70. The molecule has 0 unspecified atom stereocenters. The molecule has 7 nitrogen and oxygen atoms in total. The first-order valence-corrected chi connectivity index (χ1v) is 16.7. The Hall–Kier alpha value is -2.98. The minimum Gasteiger partial charge on any atom is -0.486 e. The van der Waals surface area contributed by atoms with E-state index in [1.165, 1.54) is 45.0 Å². The molecule has 4 N–H and O–H groups in total. The number of aromatic nitrogens is 2. The normalized spacial score (nSPS) is 15.1. The summed E-state index contributed by atoms with van der Waals surface area (Å²) in [6, 6.07) is 19.1. The van der Waals surface area contributed by atoms with E-state index in [1.807, 2.05) is 6.07 Å². The summed E-state index contributed by atoms with van der Waals surface area (Å²) in [5.74, 6) is 1.74. The third-order valence-corrected chi connectivity index (χ3v) is 9.28. The number of H-pyrrole nitrogens is 2. The number of nitrogens with zero attached hydrogens (tertiary/aromatic N) is 2. The van der Waals surface area contributed by atoms with E-state index >= 15 is 0 Å². The minimum atomic E-state index is 0.637. The van der Waals surface area contributed by atoms with Gasteiger partial charge in [-0.05, 0) is 86.3 Å². The smallest absolute Gasteiger partial charge is 0.163 e. The van der Waals surface area contributed by atoms with E-state index in [1.54, 1.807) is 0 Å². The van der Waals surface area contributed by atoms with Gasteiger partial charge in [-0.15, -0.1) is 0 Å². The van der Waals surface area contributed by atoms with Gasteiger partial charge in [0.1, 0.15) is 13.2 Å². The van der Waals surface area contributed by atoms with E-state index in [0.29, 0.717) is 13.2 Å². The zero-order valence-electron chi connectivity index (χ0n) is 24.4. The molecule has 2 aromatic heterocycles. The molecule has 7 rings (SSSR count). The van der Waals surface area contributed by atoms with Crippen LogP contribution in [0.5, 0.6) is 11.5 Å². The number of hydrogen-bond donors (Lipinski definition) is 3. The summed E-state index contributed by atoms with van der Waals surface area (Å²) in [6.45, 7) is 7.51. The van der Waals surface area contributed by atoms with Gasteiger partial charge in [0.15, 0.2) is 11.5 Å². The molecule has 0 spiro atoms. The number of aryl methyl sites for hydroxylation is 2. The first-order valence-electron chi connectivity index (χ1n) is 15.2. The SMILES string of the molecule is Brc1ccc2c(CCCN3CCN(c4ccc5c(c4)OCCO5)CC3)c[nH]c2c1.NCCCc1c[nH]c2cc(Br)ccc12.